The van der Waals surface area contributed by atoms with Crippen LogP contribution in [-0.4, -0.2) is 16.1 Å². The van der Waals surface area contributed by atoms with E-state index < -0.39 is 0 Å². The molecule has 0 saturated carbocycles. The highest BCUT2D eigenvalue weighted by atomic mass is 15.1. The summed E-state index contributed by atoms with van der Waals surface area (Å²) in [4.78, 5) is 4.71. The summed E-state index contributed by atoms with van der Waals surface area (Å²) in [6.45, 7) is 5.93. The molecule has 2 aromatic rings. The van der Waals surface area contributed by atoms with Gasteiger partial charge in [-0.15, -0.1) is 0 Å². The van der Waals surface area contributed by atoms with Gasteiger partial charge in [-0.25, -0.2) is 4.98 Å². The number of nitrogens with zero attached hydrogens (tertiary/aromatic N) is 2. The third kappa shape index (κ3) is 1.71. The van der Waals surface area contributed by atoms with Gasteiger partial charge >= 0.3 is 0 Å². The minimum absolute atomic E-state index is 0.368. The highest BCUT2D eigenvalue weighted by Gasteiger charge is 2.16. The fourth-order valence-electron chi connectivity index (χ4n) is 2.19. The molecule has 0 spiro atoms. The summed E-state index contributed by atoms with van der Waals surface area (Å²) in [5.74, 6) is 1.50. The Hall–Kier alpha value is -1.35. The third-order valence-corrected chi connectivity index (χ3v) is 3.14. The van der Waals surface area contributed by atoms with Crippen molar-refractivity contribution < 1.29 is 0 Å². The summed E-state index contributed by atoms with van der Waals surface area (Å²) >= 11 is 0. The maximum atomic E-state index is 5.81. The van der Waals surface area contributed by atoms with E-state index in [1.807, 2.05) is 6.07 Å². The molecule has 1 aromatic carbocycles. The predicted molar refractivity (Wildman–Crippen MR) is 67.5 cm³/mol. The zero-order valence-electron chi connectivity index (χ0n) is 9.98. The zero-order valence-corrected chi connectivity index (χ0v) is 9.98. The van der Waals surface area contributed by atoms with Crippen LogP contribution in [0.1, 0.15) is 32.0 Å². The molecule has 0 fully saturated rings. The number of aryl methyl sites for hydroxylation is 1. The van der Waals surface area contributed by atoms with E-state index in [1.54, 1.807) is 0 Å². The van der Waals surface area contributed by atoms with Crippen molar-refractivity contribution in [3.05, 3.63) is 30.1 Å². The number of fused-ring (bicyclic) bond motifs is 1. The Morgan fingerprint density at radius 3 is 2.69 bits per heavy atom. The van der Waals surface area contributed by atoms with Crippen molar-refractivity contribution >= 4 is 11.0 Å². The maximum Gasteiger partial charge on any atom is 0.114 e. The first-order valence-electron chi connectivity index (χ1n) is 5.97. The molecule has 0 aliphatic rings. The van der Waals surface area contributed by atoms with E-state index in [2.05, 4.69) is 36.6 Å². The molecular formula is C13H19N3. The molecule has 0 aliphatic heterocycles. The highest BCUT2D eigenvalue weighted by molar-refractivity contribution is 5.76. The lowest BCUT2D eigenvalue weighted by molar-refractivity contribution is 0.586. The first kappa shape index (κ1) is 11.1. The van der Waals surface area contributed by atoms with Crippen LogP contribution in [0.25, 0.3) is 11.0 Å². The minimum Gasteiger partial charge on any atom is -0.330 e. The molecule has 0 aliphatic carbocycles. The van der Waals surface area contributed by atoms with E-state index in [0.29, 0.717) is 12.5 Å². The predicted octanol–water partition coefficient (Wildman–Crippen LogP) is 2.51. The number of aromatic nitrogens is 2. The lowest BCUT2D eigenvalue weighted by Gasteiger charge is -2.13. The van der Waals surface area contributed by atoms with Crippen molar-refractivity contribution in [2.24, 2.45) is 5.73 Å². The van der Waals surface area contributed by atoms with Gasteiger partial charge in [-0.3, -0.25) is 0 Å². The van der Waals surface area contributed by atoms with Gasteiger partial charge in [0, 0.05) is 19.0 Å². The van der Waals surface area contributed by atoms with E-state index in [9.17, 15) is 0 Å². The van der Waals surface area contributed by atoms with E-state index in [1.165, 1.54) is 5.52 Å². The van der Waals surface area contributed by atoms with Crippen LogP contribution in [-0.2, 0) is 6.54 Å². The lowest BCUT2D eigenvalue weighted by atomic mass is 10.1. The van der Waals surface area contributed by atoms with Crippen LogP contribution in [0.2, 0.25) is 0 Å². The summed E-state index contributed by atoms with van der Waals surface area (Å²) in [5.41, 5.74) is 8.10. The first-order chi connectivity index (χ1) is 7.81. The maximum absolute atomic E-state index is 5.81. The molecule has 0 amide bonds. The summed E-state index contributed by atoms with van der Waals surface area (Å²) in [6.07, 6.45) is 1.04. The minimum atomic E-state index is 0.368. The Balaban J connectivity index is 2.60. The SMILES string of the molecule is CCC(CN)c1nc2ccccc2n1CC. The first-order valence-corrected chi connectivity index (χ1v) is 5.97. The van der Waals surface area contributed by atoms with Crippen LogP contribution in [0.4, 0.5) is 0 Å². The fraction of sp³-hybridized carbons (Fsp3) is 0.462. The summed E-state index contributed by atoms with van der Waals surface area (Å²) < 4.78 is 2.27. The molecular weight excluding hydrogens is 198 g/mol. The van der Waals surface area contributed by atoms with Crippen molar-refractivity contribution in [3.63, 3.8) is 0 Å². The molecule has 1 atom stereocenters. The molecule has 16 heavy (non-hydrogen) atoms. The average Bonchev–Trinajstić information content (AvgIpc) is 2.69. The smallest absolute Gasteiger partial charge is 0.114 e. The monoisotopic (exact) mass is 217 g/mol. The third-order valence-electron chi connectivity index (χ3n) is 3.14. The molecule has 2 rings (SSSR count). The normalized spacial score (nSPS) is 13.2. The van der Waals surface area contributed by atoms with Crippen molar-refractivity contribution in [2.75, 3.05) is 6.54 Å². The molecule has 1 aromatic heterocycles. The standard InChI is InChI=1S/C13H19N3/c1-3-10(9-14)13-15-11-7-5-6-8-12(11)16(13)4-2/h5-8,10H,3-4,9,14H2,1-2H3. The van der Waals surface area contributed by atoms with Gasteiger partial charge in [0.2, 0.25) is 0 Å². The zero-order chi connectivity index (χ0) is 11.5. The van der Waals surface area contributed by atoms with Crippen molar-refractivity contribution in [2.45, 2.75) is 32.7 Å². The van der Waals surface area contributed by atoms with Crippen LogP contribution >= 0.6 is 0 Å². The summed E-state index contributed by atoms with van der Waals surface area (Å²) in [5, 5.41) is 0. The quantitative estimate of drug-likeness (QED) is 0.855. The molecule has 3 heteroatoms. The Labute approximate surface area is 96.3 Å². The number of benzene rings is 1. The van der Waals surface area contributed by atoms with Gasteiger partial charge in [-0.1, -0.05) is 19.1 Å². The second kappa shape index (κ2) is 4.66. The number of hydrogen-bond acceptors (Lipinski definition) is 2. The average molecular weight is 217 g/mol. The van der Waals surface area contributed by atoms with Crippen molar-refractivity contribution in [1.29, 1.82) is 0 Å². The molecule has 3 nitrogen and oxygen atoms in total. The lowest BCUT2D eigenvalue weighted by Crippen LogP contribution is -2.16. The van der Waals surface area contributed by atoms with Crippen LogP contribution < -0.4 is 5.73 Å². The highest BCUT2D eigenvalue weighted by Crippen LogP contribution is 2.23. The fourth-order valence-corrected chi connectivity index (χ4v) is 2.19. The molecule has 0 saturated heterocycles. The Morgan fingerprint density at radius 1 is 1.31 bits per heavy atom. The molecule has 0 bridgehead atoms. The van der Waals surface area contributed by atoms with Gasteiger partial charge in [0.05, 0.1) is 11.0 Å². The van der Waals surface area contributed by atoms with E-state index in [-0.39, 0.29) is 0 Å². The van der Waals surface area contributed by atoms with Gasteiger partial charge in [-0.2, -0.15) is 0 Å². The Kier molecular flexibility index (Phi) is 3.25. The van der Waals surface area contributed by atoms with Crippen LogP contribution in [0.3, 0.4) is 0 Å². The molecule has 2 N–H and O–H groups in total. The molecule has 1 unspecified atom stereocenters. The second-order valence-electron chi connectivity index (χ2n) is 4.04. The summed E-state index contributed by atoms with van der Waals surface area (Å²) in [7, 11) is 0. The van der Waals surface area contributed by atoms with Crippen LogP contribution in [0.15, 0.2) is 24.3 Å². The number of imidazole rings is 1. The van der Waals surface area contributed by atoms with E-state index in [4.69, 9.17) is 10.7 Å². The number of rotatable bonds is 4. The van der Waals surface area contributed by atoms with Crippen LogP contribution in [0, 0.1) is 0 Å². The van der Waals surface area contributed by atoms with E-state index >= 15 is 0 Å². The largest absolute Gasteiger partial charge is 0.330 e. The number of nitrogens with two attached hydrogens (primary N) is 1. The van der Waals surface area contributed by atoms with Gasteiger partial charge in [-0.05, 0) is 25.5 Å². The Bertz CT molecular complexity index is 469. The second-order valence-corrected chi connectivity index (χ2v) is 4.04. The van der Waals surface area contributed by atoms with Gasteiger partial charge < -0.3 is 10.3 Å². The van der Waals surface area contributed by atoms with E-state index in [0.717, 1.165) is 24.3 Å². The van der Waals surface area contributed by atoms with Crippen molar-refractivity contribution in [3.8, 4) is 0 Å². The Morgan fingerprint density at radius 2 is 2.06 bits per heavy atom. The number of hydrogen-bond donors (Lipinski definition) is 1. The van der Waals surface area contributed by atoms with Gasteiger partial charge in [0.1, 0.15) is 5.82 Å². The van der Waals surface area contributed by atoms with Crippen molar-refractivity contribution in [1.82, 2.24) is 9.55 Å². The topological polar surface area (TPSA) is 43.8 Å². The van der Waals surface area contributed by atoms with Crippen LogP contribution in [0.5, 0.6) is 0 Å². The molecule has 0 radical (unpaired) electrons. The van der Waals surface area contributed by atoms with Gasteiger partial charge in [0.25, 0.3) is 0 Å². The van der Waals surface area contributed by atoms with Gasteiger partial charge in [0.15, 0.2) is 0 Å². The number of para-hydroxylation sites is 2. The summed E-state index contributed by atoms with van der Waals surface area (Å²) in [6, 6.07) is 8.28. The molecule has 86 valence electrons. The molecule has 1 heterocycles.